The Bertz CT molecular complexity index is 486. The van der Waals surface area contributed by atoms with Crippen LogP contribution in [0.15, 0.2) is 30.3 Å². The van der Waals surface area contributed by atoms with E-state index in [1.165, 1.54) is 44.3 Å². The van der Waals surface area contributed by atoms with Gasteiger partial charge < -0.3 is 0 Å². The van der Waals surface area contributed by atoms with Crippen LogP contribution >= 0.6 is 11.8 Å². The van der Waals surface area contributed by atoms with Gasteiger partial charge in [-0.15, -0.1) is 0 Å². The van der Waals surface area contributed by atoms with Gasteiger partial charge in [0.15, 0.2) is 0 Å². The third-order valence-electron chi connectivity index (χ3n) is 4.63. The molecule has 0 spiro atoms. The molecule has 1 atom stereocenters. The maximum absolute atomic E-state index is 9.87. The lowest BCUT2D eigenvalue weighted by Crippen LogP contribution is -2.45. The van der Waals surface area contributed by atoms with Crippen LogP contribution in [0.3, 0.4) is 0 Å². The van der Waals surface area contributed by atoms with E-state index in [1.807, 2.05) is 30.0 Å². The van der Waals surface area contributed by atoms with Crippen molar-refractivity contribution in [3.63, 3.8) is 0 Å². The summed E-state index contributed by atoms with van der Waals surface area (Å²) in [6.07, 6.45) is 7.98. The van der Waals surface area contributed by atoms with Crippen molar-refractivity contribution in [2.75, 3.05) is 11.5 Å². The molecule has 2 saturated carbocycles. The zero-order chi connectivity index (χ0) is 14.5. The monoisotopic (exact) mass is 300 g/mol. The molecule has 3 rings (SSSR count). The summed E-state index contributed by atoms with van der Waals surface area (Å²) in [5.41, 5.74) is 0.615. The summed E-state index contributed by atoms with van der Waals surface area (Å²) >= 11 is 1.96. The van der Waals surface area contributed by atoms with Crippen molar-refractivity contribution < 1.29 is 0 Å². The molecule has 2 fully saturated rings. The van der Waals surface area contributed by atoms with Gasteiger partial charge in [-0.05, 0) is 42.9 Å². The first-order valence-corrected chi connectivity index (χ1v) is 9.30. The molecule has 0 bridgehead atoms. The Hall–Kier alpha value is -0.980. The molecular formula is C18H24N2S. The van der Waals surface area contributed by atoms with E-state index in [1.54, 1.807) is 0 Å². The second-order valence-electron chi connectivity index (χ2n) is 6.47. The van der Waals surface area contributed by atoms with Gasteiger partial charge in [0.05, 0.1) is 6.07 Å². The van der Waals surface area contributed by atoms with Crippen LogP contribution in [0.2, 0.25) is 0 Å². The molecule has 1 aromatic carbocycles. The van der Waals surface area contributed by atoms with Gasteiger partial charge >= 0.3 is 0 Å². The molecule has 3 heteroatoms. The van der Waals surface area contributed by atoms with E-state index < -0.39 is 5.54 Å². The van der Waals surface area contributed by atoms with Crippen LogP contribution in [-0.4, -0.2) is 17.5 Å². The molecule has 1 aromatic rings. The average Bonchev–Trinajstić information content (AvgIpc) is 3.19. The highest BCUT2D eigenvalue weighted by Gasteiger charge is 2.38. The molecule has 0 aromatic heterocycles. The second-order valence-corrected chi connectivity index (χ2v) is 7.50. The second kappa shape index (κ2) is 6.85. The minimum absolute atomic E-state index is 0.508. The van der Waals surface area contributed by atoms with Gasteiger partial charge in [0, 0.05) is 11.8 Å². The summed E-state index contributed by atoms with van der Waals surface area (Å²) in [7, 11) is 0. The maximum atomic E-state index is 9.87. The Morgan fingerprint density at radius 3 is 2.48 bits per heavy atom. The van der Waals surface area contributed by atoms with E-state index in [4.69, 9.17) is 0 Å². The summed E-state index contributed by atoms with van der Waals surface area (Å²) in [5.74, 6) is 2.95. The summed E-state index contributed by atoms with van der Waals surface area (Å²) in [5, 5.41) is 13.5. The molecule has 21 heavy (non-hydrogen) atoms. The quantitative estimate of drug-likeness (QED) is 0.824. The smallest absolute Gasteiger partial charge is 0.141 e. The molecule has 1 N–H and O–H groups in total. The van der Waals surface area contributed by atoms with Crippen LogP contribution in [0.5, 0.6) is 0 Å². The van der Waals surface area contributed by atoms with E-state index in [-0.39, 0.29) is 0 Å². The molecule has 0 amide bonds. The van der Waals surface area contributed by atoms with Crippen LogP contribution in [-0.2, 0) is 5.54 Å². The molecular weight excluding hydrogens is 276 g/mol. The van der Waals surface area contributed by atoms with E-state index in [0.29, 0.717) is 6.04 Å². The molecule has 2 aliphatic carbocycles. The topological polar surface area (TPSA) is 35.8 Å². The predicted molar refractivity (Wildman–Crippen MR) is 89.2 cm³/mol. The van der Waals surface area contributed by atoms with E-state index in [2.05, 4.69) is 23.5 Å². The van der Waals surface area contributed by atoms with Gasteiger partial charge in [0.25, 0.3) is 0 Å². The molecule has 1 unspecified atom stereocenters. The van der Waals surface area contributed by atoms with E-state index >= 15 is 0 Å². The lowest BCUT2D eigenvalue weighted by molar-refractivity contribution is 0.469. The largest absolute Gasteiger partial charge is 0.292 e. The number of benzene rings is 1. The number of nitrogens with zero attached hydrogens (tertiary/aromatic N) is 1. The predicted octanol–water partition coefficient (Wildman–Crippen LogP) is 4.08. The number of rotatable bonds is 7. The standard InChI is InChI=1S/C18H24N2S/c19-13-18(20-17-10-11-17,16-8-2-1-3-9-16)14-21-12-15-6-4-5-7-15/h1-3,8-9,15,17,20H,4-7,10-12,14H2. The molecule has 0 saturated heterocycles. The van der Waals surface area contributed by atoms with Crippen molar-refractivity contribution >= 4 is 11.8 Å². The van der Waals surface area contributed by atoms with Gasteiger partial charge in [-0.25, -0.2) is 0 Å². The first kappa shape index (κ1) is 14.9. The fourth-order valence-corrected chi connectivity index (χ4v) is 4.60. The van der Waals surface area contributed by atoms with Crippen molar-refractivity contribution in [3.8, 4) is 6.07 Å². The highest BCUT2D eigenvalue weighted by atomic mass is 32.2. The first-order chi connectivity index (χ1) is 10.3. The van der Waals surface area contributed by atoms with Crippen molar-refractivity contribution in [1.29, 1.82) is 5.26 Å². The van der Waals surface area contributed by atoms with Gasteiger partial charge in [0.1, 0.15) is 5.54 Å². The number of nitrogens with one attached hydrogen (secondary N) is 1. The van der Waals surface area contributed by atoms with Crippen LogP contribution < -0.4 is 5.32 Å². The Morgan fingerprint density at radius 2 is 1.86 bits per heavy atom. The summed E-state index contributed by atoms with van der Waals surface area (Å²) < 4.78 is 0. The maximum Gasteiger partial charge on any atom is 0.141 e. The van der Waals surface area contributed by atoms with Crippen LogP contribution in [0.4, 0.5) is 0 Å². The molecule has 0 heterocycles. The SMILES string of the molecule is N#CC(CSCC1CCCC1)(NC1CC1)c1ccccc1. The minimum Gasteiger partial charge on any atom is -0.292 e. The highest BCUT2D eigenvalue weighted by molar-refractivity contribution is 7.99. The van der Waals surface area contributed by atoms with Crippen LogP contribution in [0.1, 0.15) is 44.1 Å². The fourth-order valence-electron chi connectivity index (χ4n) is 3.19. The van der Waals surface area contributed by atoms with Gasteiger partial charge in [0.2, 0.25) is 0 Å². The first-order valence-electron chi connectivity index (χ1n) is 8.15. The number of hydrogen-bond acceptors (Lipinski definition) is 3. The summed E-state index contributed by atoms with van der Waals surface area (Å²) in [6, 6.07) is 13.4. The van der Waals surface area contributed by atoms with E-state index in [0.717, 1.165) is 17.2 Å². The lowest BCUT2D eigenvalue weighted by Gasteiger charge is -2.29. The molecule has 112 valence electrons. The normalized spacial score (nSPS) is 21.9. The molecule has 2 aliphatic rings. The summed E-state index contributed by atoms with van der Waals surface area (Å²) in [6.45, 7) is 0. The molecule has 2 nitrogen and oxygen atoms in total. The molecule has 0 radical (unpaired) electrons. The number of thioether (sulfide) groups is 1. The lowest BCUT2D eigenvalue weighted by atomic mass is 9.93. The third kappa shape index (κ3) is 3.81. The highest BCUT2D eigenvalue weighted by Crippen LogP contribution is 2.34. The Morgan fingerprint density at radius 1 is 1.14 bits per heavy atom. The van der Waals surface area contributed by atoms with Crippen molar-refractivity contribution in [1.82, 2.24) is 5.32 Å². The minimum atomic E-state index is -0.508. The Kier molecular flexibility index (Phi) is 4.87. The van der Waals surface area contributed by atoms with Gasteiger partial charge in [-0.3, -0.25) is 5.32 Å². The van der Waals surface area contributed by atoms with Crippen molar-refractivity contribution in [2.24, 2.45) is 5.92 Å². The van der Waals surface area contributed by atoms with Gasteiger partial charge in [-0.2, -0.15) is 17.0 Å². The van der Waals surface area contributed by atoms with Crippen molar-refractivity contribution in [3.05, 3.63) is 35.9 Å². The fraction of sp³-hybridized carbons (Fsp3) is 0.611. The van der Waals surface area contributed by atoms with Crippen LogP contribution in [0.25, 0.3) is 0 Å². The number of hydrogen-bond donors (Lipinski definition) is 1. The van der Waals surface area contributed by atoms with Crippen molar-refractivity contribution in [2.45, 2.75) is 50.1 Å². The number of nitriles is 1. The average molecular weight is 300 g/mol. The zero-order valence-electron chi connectivity index (χ0n) is 12.6. The summed E-state index contributed by atoms with van der Waals surface area (Å²) in [4.78, 5) is 0. The third-order valence-corrected chi connectivity index (χ3v) is 5.98. The zero-order valence-corrected chi connectivity index (χ0v) is 13.4. The van der Waals surface area contributed by atoms with E-state index in [9.17, 15) is 5.26 Å². The Balaban J connectivity index is 1.67. The van der Waals surface area contributed by atoms with Crippen LogP contribution in [0, 0.1) is 17.2 Å². The van der Waals surface area contributed by atoms with Gasteiger partial charge in [-0.1, -0.05) is 43.2 Å². The molecule has 0 aliphatic heterocycles. The Labute approximate surface area is 132 Å².